The van der Waals surface area contributed by atoms with Gasteiger partial charge in [0.05, 0.1) is 5.56 Å². The maximum atomic E-state index is 13.5. The molecule has 1 aliphatic rings. The fourth-order valence-corrected chi connectivity index (χ4v) is 4.04. The highest BCUT2D eigenvalue weighted by atomic mass is 19.4. The number of halogens is 3. The molecule has 0 radical (unpaired) electrons. The van der Waals surface area contributed by atoms with Gasteiger partial charge in [0.25, 0.3) is 0 Å². The molecular weight excluding hydrogens is 443 g/mol. The van der Waals surface area contributed by atoms with Gasteiger partial charge in [-0.3, -0.25) is 0 Å². The molecule has 0 spiro atoms. The van der Waals surface area contributed by atoms with Crippen LogP contribution < -0.4 is 14.7 Å². The molecule has 10 heteroatoms. The molecule has 3 aromatic rings. The zero-order valence-corrected chi connectivity index (χ0v) is 19.5. The van der Waals surface area contributed by atoms with Crippen LogP contribution in [0, 0.1) is 6.92 Å². The van der Waals surface area contributed by atoms with Gasteiger partial charge < -0.3 is 14.7 Å². The lowest BCUT2D eigenvalue weighted by Crippen LogP contribution is -2.48. The molecule has 7 nitrogen and oxygen atoms in total. The van der Waals surface area contributed by atoms with Crippen molar-refractivity contribution in [2.24, 2.45) is 0 Å². The van der Waals surface area contributed by atoms with E-state index in [0.717, 1.165) is 30.3 Å². The van der Waals surface area contributed by atoms with Crippen LogP contribution in [0.2, 0.25) is 0 Å². The Labute approximate surface area is 197 Å². The van der Waals surface area contributed by atoms with Crippen molar-refractivity contribution in [3.63, 3.8) is 0 Å². The lowest BCUT2D eigenvalue weighted by Gasteiger charge is -2.36. The Morgan fingerprint density at radius 3 is 2.26 bits per heavy atom. The van der Waals surface area contributed by atoms with Gasteiger partial charge >= 0.3 is 6.18 Å². The van der Waals surface area contributed by atoms with E-state index in [2.05, 4.69) is 9.88 Å². The third kappa shape index (κ3) is 5.05. The third-order valence-corrected chi connectivity index (χ3v) is 5.89. The molecule has 0 aliphatic carbocycles. The standard InChI is InChI=1S/C24H28F3N7/c1-4-32(5-2)22-29-20(18-9-6-8-17(3)16-18)30-23(31-22)34-14-12-33(13-15-34)21-19(24(25,26)27)10-7-11-28-21/h6-11,16H,4-5,12-15H2,1-3H3. The molecule has 0 amide bonds. The van der Waals surface area contributed by atoms with Crippen LogP contribution in [-0.2, 0) is 6.18 Å². The maximum Gasteiger partial charge on any atom is 0.419 e. The summed E-state index contributed by atoms with van der Waals surface area (Å²) >= 11 is 0. The largest absolute Gasteiger partial charge is 0.419 e. The quantitative estimate of drug-likeness (QED) is 0.527. The number of nitrogens with zero attached hydrogens (tertiary/aromatic N) is 7. The minimum atomic E-state index is -4.45. The first-order valence-electron chi connectivity index (χ1n) is 11.4. The van der Waals surface area contributed by atoms with Crippen LogP contribution >= 0.6 is 0 Å². The molecule has 0 atom stereocenters. The predicted octanol–water partition coefficient (Wildman–Crippen LogP) is 4.43. The first-order chi connectivity index (χ1) is 16.3. The van der Waals surface area contributed by atoms with Crippen molar-refractivity contribution in [1.29, 1.82) is 0 Å². The second-order valence-corrected chi connectivity index (χ2v) is 8.15. The molecule has 1 saturated heterocycles. The number of pyridine rings is 1. The smallest absolute Gasteiger partial charge is 0.353 e. The zero-order chi connectivity index (χ0) is 24.3. The number of piperazine rings is 1. The molecule has 0 bridgehead atoms. The van der Waals surface area contributed by atoms with Crippen LogP contribution in [-0.4, -0.2) is 59.2 Å². The number of aryl methyl sites for hydroxylation is 1. The molecule has 0 N–H and O–H groups in total. The summed E-state index contributed by atoms with van der Waals surface area (Å²) in [6, 6.07) is 10.4. The summed E-state index contributed by atoms with van der Waals surface area (Å²) in [6.07, 6.45) is -3.05. The van der Waals surface area contributed by atoms with Gasteiger partial charge in [-0.2, -0.15) is 28.1 Å². The summed E-state index contributed by atoms with van der Waals surface area (Å²) < 4.78 is 40.4. The van der Waals surface area contributed by atoms with E-state index in [1.807, 2.05) is 49.9 Å². The summed E-state index contributed by atoms with van der Waals surface area (Å²) in [5.74, 6) is 1.68. The van der Waals surface area contributed by atoms with Gasteiger partial charge in [-0.15, -0.1) is 0 Å². The minimum absolute atomic E-state index is 0.0328. The van der Waals surface area contributed by atoms with E-state index < -0.39 is 11.7 Å². The Morgan fingerprint density at radius 2 is 1.62 bits per heavy atom. The maximum absolute atomic E-state index is 13.5. The lowest BCUT2D eigenvalue weighted by atomic mass is 10.1. The van der Waals surface area contributed by atoms with Crippen molar-refractivity contribution < 1.29 is 13.2 Å². The van der Waals surface area contributed by atoms with Crippen molar-refractivity contribution in [3.8, 4) is 11.4 Å². The molecule has 4 rings (SSSR count). The van der Waals surface area contributed by atoms with Crippen molar-refractivity contribution in [3.05, 3.63) is 53.7 Å². The molecule has 1 aliphatic heterocycles. The fraction of sp³-hybridized carbons (Fsp3) is 0.417. The summed E-state index contributed by atoms with van der Waals surface area (Å²) in [5, 5.41) is 0. The van der Waals surface area contributed by atoms with Crippen LogP contribution in [0.1, 0.15) is 25.0 Å². The Balaban J connectivity index is 1.62. The minimum Gasteiger partial charge on any atom is -0.353 e. The lowest BCUT2D eigenvalue weighted by molar-refractivity contribution is -0.137. The Bertz CT molecular complexity index is 1120. The van der Waals surface area contributed by atoms with Gasteiger partial charge in [-0.25, -0.2) is 4.98 Å². The third-order valence-electron chi connectivity index (χ3n) is 5.89. The highest BCUT2D eigenvalue weighted by Gasteiger charge is 2.36. The number of alkyl halides is 3. The summed E-state index contributed by atoms with van der Waals surface area (Å²) in [6.45, 7) is 9.32. The first kappa shape index (κ1) is 23.7. The van der Waals surface area contributed by atoms with Crippen molar-refractivity contribution in [2.45, 2.75) is 26.9 Å². The van der Waals surface area contributed by atoms with Gasteiger partial charge in [0.2, 0.25) is 11.9 Å². The number of hydrogen-bond donors (Lipinski definition) is 0. The highest BCUT2D eigenvalue weighted by Crippen LogP contribution is 2.35. The van der Waals surface area contributed by atoms with Crippen LogP contribution in [0.25, 0.3) is 11.4 Å². The topological polar surface area (TPSA) is 61.3 Å². The molecule has 2 aromatic heterocycles. The van der Waals surface area contributed by atoms with E-state index in [-0.39, 0.29) is 5.82 Å². The van der Waals surface area contributed by atoms with Crippen LogP contribution in [0.15, 0.2) is 42.6 Å². The van der Waals surface area contributed by atoms with Gasteiger partial charge in [-0.05, 0) is 39.0 Å². The Kier molecular flexibility index (Phi) is 6.85. The zero-order valence-electron chi connectivity index (χ0n) is 19.5. The summed E-state index contributed by atoms with van der Waals surface area (Å²) in [4.78, 5) is 23.9. The first-order valence-corrected chi connectivity index (χ1v) is 11.4. The van der Waals surface area contributed by atoms with Crippen molar-refractivity contribution in [2.75, 3.05) is 54.0 Å². The van der Waals surface area contributed by atoms with Crippen molar-refractivity contribution >= 4 is 17.7 Å². The van der Waals surface area contributed by atoms with Crippen molar-refractivity contribution in [1.82, 2.24) is 19.9 Å². The molecule has 1 aromatic carbocycles. The Morgan fingerprint density at radius 1 is 0.912 bits per heavy atom. The number of anilines is 3. The number of aromatic nitrogens is 4. The second-order valence-electron chi connectivity index (χ2n) is 8.15. The van der Waals surface area contributed by atoms with Crippen LogP contribution in [0.5, 0.6) is 0 Å². The average Bonchev–Trinajstić information content (AvgIpc) is 2.84. The van der Waals surface area contributed by atoms with E-state index in [0.29, 0.717) is 43.9 Å². The molecule has 1 fully saturated rings. The van der Waals surface area contributed by atoms with E-state index in [4.69, 9.17) is 15.0 Å². The van der Waals surface area contributed by atoms with E-state index in [1.165, 1.54) is 12.3 Å². The summed E-state index contributed by atoms with van der Waals surface area (Å²) in [7, 11) is 0. The van der Waals surface area contributed by atoms with Gasteiger partial charge in [0.15, 0.2) is 5.82 Å². The molecule has 180 valence electrons. The monoisotopic (exact) mass is 471 g/mol. The molecule has 0 unspecified atom stereocenters. The fourth-order valence-electron chi connectivity index (χ4n) is 4.04. The molecular formula is C24H28F3N7. The number of rotatable bonds is 6. The van der Waals surface area contributed by atoms with E-state index in [9.17, 15) is 13.2 Å². The van der Waals surface area contributed by atoms with Gasteiger partial charge in [-0.1, -0.05) is 23.8 Å². The Hall–Kier alpha value is -3.43. The van der Waals surface area contributed by atoms with E-state index >= 15 is 0 Å². The number of benzene rings is 1. The summed E-state index contributed by atoms with van der Waals surface area (Å²) in [5.41, 5.74) is 1.29. The number of hydrogen-bond acceptors (Lipinski definition) is 7. The van der Waals surface area contributed by atoms with Gasteiger partial charge in [0, 0.05) is 51.0 Å². The SMILES string of the molecule is CCN(CC)c1nc(-c2cccc(C)c2)nc(N2CCN(c3ncccc3C(F)(F)F)CC2)n1. The van der Waals surface area contributed by atoms with E-state index in [1.54, 1.807) is 4.90 Å². The van der Waals surface area contributed by atoms with Gasteiger partial charge in [0.1, 0.15) is 5.82 Å². The van der Waals surface area contributed by atoms with Crippen LogP contribution in [0.3, 0.4) is 0 Å². The predicted molar refractivity (Wildman–Crippen MR) is 127 cm³/mol. The molecule has 34 heavy (non-hydrogen) atoms. The average molecular weight is 472 g/mol. The molecule has 0 saturated carbocycles. The van der Waals surface area contributed by atoms with Crippen LogP contribution in [0.4, 0.5) is 30.9 Å². The molecule has 3 heterocycles. The highest BCUT2D eigenvalue weighted by molar-refractivity contribution is 5.60. The normalized spacial score (nSPS) is 14.4. The second kappa shape index (κ2) is 9.82.